The van der Waals surface area contributed by atoms with Crippen LogP contribution in [0.25, 0.3) is 0 Å². The second-order valence-corrected chi connectivity index (χ2v) is 6.08. The summed E-state index contributed by atoms with van der Waals surface area (Å²) in [6.45, 7) is 4.36. The van der Waals surface area contributed by atoms with Crippen LogP contribution in [-0.2, 0) is 5.60 Å². The summed E-state index contributed by atoms with van der Waals surface area (Å²) in [6, 6.07) is 4.22. The van der Waals surface area contributed by atoms with E-state index in [1.807, 2.05) is 0 Å². The lowest BCUT2D eigenvalue weighted by Gasteiger charge is -2.35. The standard InChI is InChI=1S/C13H20OS/c1-3-11-6-8-13(14,9-7-11)12-5-4-10(2)15-12/h4-5,11,14H,3,6-9H2,1-2H3. The lowest BCUT2D eigenvalue weighted by Crippen LogP contribution is -2.30. The highest BCUT2D eigenvalue weighted by atomic mass is 32.1. The zero-order chi connectivity index (χ0) is 10.9. The van der Waals surface area contributed by atoms with Gasteiger partial charge in [-0.25, -0.2) is 0 Å². The van der Waals surface area contributed by atoms with Crippen molar-refractivity contribution in [3.05, 3.63) is 21.9 Å². The van der Waals surface area contributed by atoms with Gasteiger partial charge in [0.1, 0.15) is 0 Å². The van der Waals surface area contributed by atoms with Gasteiger partial charge in [-0.1, -0.05) is 13.3 Å². The number of thiophene rings is 1. The molecule has 1 aromatic rings. The first-order valence-electron chi connectivity index (χ1n) is 5.93. The molecule has 1 aromatic heterocycles. The lowest BCUT2D eigenvalue weighted by atomic mass is 9.77. The van der Waals surface area contributed by atoms with Gasteiger partial charge in [-0.15, -0.1) is 11.3 Å². The molecule has 0 spiro atoms. The summed E-state index contributed by atoms with van der Waals surface area (Å²) in [7, 11) is 0. The topological polar surface area (TPSA) is 20.2 Å². The lowest BCUT2D eigenvalue weighted by molar-refractivity contribution is -0.0113. The molecule has 0 aromatic carbocycles. The van der Waals surface area contributed by atoms with Crippen LogP contribution in [0.4, 0.5) is 0 Å². The largest absolute Gasteiger partial charge is 0.384 e. The van der Waals surface area contributed by atoms with E-state index >= 15 is 0 Å². The van der Waals surface area contributed by atoms with Gasteiger partial charge >= 0.3 is 0 Å². The first kappa shape index (κ1) is 11.2. The van der Waals surface area contributed by atoms with Crippen LogP contribution >= 0.6 is 11.3 Å². The van der Waals surface area contributed by atoms with Crippen LogP contribution in [0, 0.1) is 12.8 Å². The highest BCUT2D eigenvalue weighted by molar-refractivity contribution is 7.12. The van der Waals surface area contributed by atoms with Crippen molar-refractivity contribution in [1.29, 1.82) is 0 Å². The number of aryl methyl sites for hydroxylation is 1. The van der Waals surface area contributed by atoms with Gasteiger partial charge in [-0.3, -0.25) is 0 Å². The molecule has 1 fully saturated rings. The molecule has 0 atom stereocenters. The molecule has 0 radical (unpaired) electrons. The van der Waals surface area contributed by atoms with E-state index in [-0.39, 0.29) is 0 Å². The van der Waals surface area contributed by atoms with Gasteiger partial charge in [-0.05, 0) is 50.7 Å². The Morgan fingerprint density at radius 2 is 2.07 bits per heavy atom. The summed E-state index contributed by atoms with van der Waals surface area (Å²) in [5.41, 5.74) is -0.509. The predicted molar refractivity (Wildman–Crippen MR) is 65.2 cm³/mol. The van der Waals surface area contributed by atoms with Crippen molar-refractivity contribution in [2.45, 2.75) is 51.6 Å². The molecule has 0 unspecified atom stereocenters. The fraction of sp³-hybridized carbons (Fsp3) is 0.692. The third-order valence-corrected chi connectivity index (χ3v) is 4.90. The molecule has 0 amide bonds. The Hall–Kier alpha value is -0.340. The summed E-state index contributed by atoms with van der Waals surface area (Å²) in [5.74, 6) is 0.839. The molecular weight excluding hydrogens is 204 g/mol. The first-order chi connectivity index (χ1) is 7.14. The van der Waals surface area contributed by atoms with Gasteiger partial charge in [0.15, 0.2) is 0 Å². The third-order valence-electron chi connectivity index (χ3n) is 3.71. The Kier molecular flexibility index (Phi) is 3.17. The van der Waals surface area contributed by atoms with Crippen molar-refractivity contribution in [2.75, 3.05) is 0 Å². The van der Waals surface area contributed by atoms with E-state index in [2.05, 4.69) is 26.0 Å². The smallest absolute Gasteiger partial charge is 0.0988 e. The zero-order valence-corrected chi connectivity index (χ0v) is 10.4. The average molecular weight is 224 g/mol. The maximum atomic E-state index is 10.6. The quantitative estimate of drug-likeness (QED) is 0.809. The Morgan fingerprint density at radius 1 is 1.40 bits per heavy atom. The number of hydrogen-bond acceptors (Lipinski definition) is 2. The van der Waals surface area contributed by atoms with Gasteiger partial charge in [0.2, 0.25) is 0 Å². The van der Waals surface area contributed by atoms with E-state index < -0.39 is 5.60 Å². The van der Waals surface area contributed by atoms with E-state index in [1.54, 1.807) is 11.3 Å². The molecule has 1 nitrogen and oxygen atoms in total. The van der Waals surface area contributed by atoms with Crippen LogP contribution in [-0.4, -0.2) is 5.11 Å². The van der Waals surface area contributed by atoms with E-state index in [0.717, 1.165) is 18.8 Å². The van der Waals surface area contributed by atoms with E-state index in [1.165, 1.54) is 29.0 Å². The second-order valence-electron chi connectivity index (χ2n) is 4.79. The molecule has 1 aliphatic rings. The van der Waals surface area contributed by atoms with Crippen LogP contribution in [0.2, 0.25) is 0 Å². The third kappa shape index (κ3) is 2.26. The molecule has 84 valence electrons. The van der Waals surface area contributed by atoms with Crippen molar-refractivity contribution in [1.82, 2.24) is 0 Å². The maximum absolute atomic E-state index is 10.6. The first-order valence-corrected chi connectivity index (χ1v) is 6.75. The second kappa shape index (κ2) is 4.26. The van der Waals surface area contributed by atoms with Crippen molar-refractivity contribution in [3.8, 4) is 0 Å². The molecule has 0 bridgehead atoms. The summed E-state index contributed by atoms with van der Waals surface area (Å²) in [4.78, 5) is 2.48. The van der Waals surface area contributed by atoms with Gasteiger partial charge in [0, 0.05) is 9.75 Å². The number of aliphatic hydroxyl groups is 1. The zero-order valence-electron chi connectivity index (χ0n) is 9.62. The van der Waals surface area contributed by atoms with Crippen LogP contribution in [0.3, 0.4) is 0 Å². The number of rotatable bonds is 2. The highest BCUT2D eigenvalue weighted by Gasteiger charge is 2.35. The average Bonchev–Trinajstić information content (AvgIpc) is 2.67. The van der Waals surface area contributed by atoms with Crippen LogP contribution in [0.15, 0.2) is 12.1 Å². The molecule has 1 aliphatic carbocycles. The summed E-state index contributed by atoms with van der Waals surface area (Å²) in [5, 5.41) is 10.6. The molecule has 1 saturated carbocycles. The van der Waals surface area contributed by atoms with Crippen molar-refractivity contribution in [2.24, 2.45) is 5.92 Å². The van der Waals surface area contributed by atoms with Gasteiger partial charge < -0.3 is 5.11 Å². The normalized spacial score (nSPS) is 31.8. The molecule has 15 heavy (non-hydrogen) atoms. The predicted octanol–water partition coefficient (Wildman–Crippen LogP) is 3.84. The summed E-state index contributed by atoms with van der Waals surface area (Å²) >= 11 is 1.75. The SMILES string of the molecule is CCC1CCC(O)(c2ccc(C)s2)CC1. The maximum Gasteiger partial charge on any atom is 0.0988 e. The Balaban J connectivity index is 2.09. The minimum Gasteiger partial charge on any atom is -0.384 e. The molecular formula is C13H20OS. The minimum atomic E-state index is -0.509. The molecule has 0 aliphatic heterocycles. The van der Waals surface area contributed by atoms with Crippen molar-refractivity contribution in [3.63, 3.8) is 0 Å². The Labute approximate surface area is 96.1 Å². The van der Waals surface area contributed by atoms with Crippen LogP contribution in [0.1, 0.15) is 48.8 Å². The Bertz CT molecular complexity index is 321. The van der Waals surface area contributed by atoms with Gasteiger partial charge in [-0.2, -0.15) is 0 Å². The fourth-order valence-corrected chi connectivity index (χ4v) is 3.51. The van der Waals surface area contributed by atoms with E-state index in [0.29, 0.717) is 0 Å². The van der Waals surface area contributed by atoms with E-state index in [4.69, 9.17) is 0 Å². The molecule has 2 rings (SSSR count). The molecule has 0 saturated heterocycles. The van der Waals surface area contributed by atoms with Crippen LogP contribution < -0.4 is 0 Å². The fourth-order valence-electron chi connectivity index (χ4n) is 2.49. The van der Waals surface area contributed by atoms with E-state index in [9.17, 15) is 5.11 Å². The number of hydrogen-bond donors (Lipinski definition) is 1. The minimum absolute atomic E-state index is 0.509. The monoisotopic (exact) mass is 224 g/mol. The van der Waals surface area contributed by atoms with Gasteiger partial charge in [0.05, 0.1) is 5.60 Å². The highest BCUT2D eigenvalue weighted by Crippen LogP contribution is 2.42. The summed E-state index contributed by atoms with van der Waals surface area (Å²) < 4.78 is 0. The van der Waals surface area contributed by atoms with Crippen molar-refractivity contribution >= 4 is 11.3 Å². The molecule has 1 heterocycles. The summed E-state index contributed by atoms with van der Waals surface area (Å²) in [6.07, 6.45) is 5.53. The van der Waals surface area contributed by atoms with Crippen molar-refractivity contribution < 1.29 is 5.11 Å². The van der Waals surface area contributed by atoms with Gasteiger partial charge in [0.25, 0.3) is 0 Å². The van der Waals surface area contributed by atoms with Crippen LogP contribution in [0.5, 0.6) is 0 Å². The Morgan fingerprint density at radius 3 is 2.53 bits per heavy atom. The molecule has 2 heteroatoms. The molecule has 1 N–H and O–H groups in total.